The van der Waals surface area contributed by atoms with E-state index in [4.69, 9.17) is 8.85 Å². The third-order valence-corrected chi connectivity index (χ3v) is 15.3. The smallest absolute Gasteiger partial charge is 0.329 e. The zero-order valence-corrected chi connectivity index (χ0v) is 21.9. The maximum Gasteiger partial charge on any atom is 0.329 e. The molecule has 0 radical (unpaired) electrons. The summed E-state index contributed by atoms with van der Waals surface area (Å²) in [5, 5.41) is 14.1. The van der Waals surface area contributed by atoms with Gasteiger partial charge in [0.25, 0.3) is 0 Å². The Morgan fingerprint density at radius 2 is 1.36 bits per heavy atom. The van der Waals surface area contributed by atoms with E-state index in [0.717, 1.165) is 0 Å². The van der Waals surface area contributed by atoms with Gasteiger partial charge in [-0.2, -0.15) is 0 Å². The molecule has 0 saturated heterocycles. The zero-order valence-electron chi connectivity index (χ0n) is 19.9. The fourth-order valence-corrected chi connectivity index (χ4v) is 5.48. The Kier molecular flexibility index (Phi) is 9.45. The topological polar surface area (TPSA) is 45.9 Å². The molecule has 0 aliphatic heterocycles. The molecule has 0 aliphatic rings. The summed E-state index contributed by atoms with van der Waals surface area (Å²) in [6.07, 6.45) is 5.08. The van der Waals surface area contributed by atoms with Gasteiger partial charge in [0.1, 0.15) is 0 Å². The Morgan fingerprint density at radius 3 is 1.68 bits per heavy atom. The van der Waals surface area contributed by atoms with Crippen molar-refractivity contribution in [3.05, 3.63) is 35.5 Å². The van der Waals surface area contributed by atoms with Crippen LogP contribution in [0.2, 0.25) is 36.3 Å². The molecule has 0 aromatic rings. The molecule has 0 bridgehead atoms. The van der Waals surface area contributed by atoms with Gasteiger partial charge in [-0.05, 0) is 49.1 Å². The minimum atomic E-state index is -2.10. The van der Waals surface area contributed by atoms with Crippen LogP contribution in [0.5, 0.6) is 0 Å². The predicted octanol–water partition coefficient (Wildman–Crippen LogP) is 7.51. The van der Waals surface area contributed by atoms with Crippen molar-refractivity contribution >= 4 is 16.6 Å². The lowest BCUT2D eigenvalue weighted by atomic mass is 9.89. The highest BCUT2D eigenvalue weighted by molar-refractivity contribution is 6.74. The standard InChI is InChI=1S/C22H43NO3Si2/c1-13-15-22(16-14-2,26-28(11,12)21(6,7)8)17-19(18-23-24)25-27(9,10)20(3,4)5/h13-14,19H,1-2,15-17H2,3-12H3/t19-/m0/s1. The fraction of sp³-hybridized carbons (Fsp3) is 0.773. The van der Waals surface area contributed by atoms with Crippen LogP contribution < -0.4 is 0 Å². The Bertz CT molecular complexity index is 580. The van der Waals surface area contributed by atoms with Crippen molar-refractivity contribution in [3.8, 4) is 6.07 Å². The van der Waals surface area contributed by atoms with Gasteiger partial charge in [0.05, 0.1) is 5.60 Å². The van der Waals surface area contributed by atoms with E-state index in [1.165, 1.54) is 0 Å². The summed E-state index contributed by atoms with van der Waals surface area (Å²) in [7, 11) is -4.18. The van der Waals surface area contributed by atoms with Crippen LogP contribution in [0, 0.1) is 11.3 Å². The highest BCUT2D eigenvalue weighted by Crippen LogP contribution is 2.44. The van der Waals surface area contributed by atoms with Crippen LogP contribution in [0.3, 0.4) is 0 Å². The van der Waals surface area contributed by atoms with E-state index < -0.39 is 28.3 Å². The minimum Gasteiger partial charge on any atom is -0.498 e. The second-order valence-electron chi connectivity index (χ2n) is 10.8. The average Bonchev–Trinajstić information content (AvgIpc) is 2.44. The average molecular weight is 426 g/mol. The number of rotatable bonds is 10. The van der Waals surface area contributed by atoms with E-state index in [0.29, 0.717) is 19.3 Å². The van der Waals surface area contributed by atoms with E-state index in [9.17, 15) is 5.21 Å². The lowest BCUT2D eigenvalue weighted by Crippen LogP contribution is -2.52. The molecule has 162 valence electrons. The molecule has 6 heteroatoms. The molecule has 0 aromatic heterocycles. The fourth-order valence-electron chi connectivity index (χ4n) is 2.64. The lowest BCUT2D eigenvalue weighted by molar-refractivity contribution is 0.0213. The van der Waals surface area contributed by atoms with Gasteiger partial charge >= 0.3 is 6.07 Å². The molecule has 0 aromatic carbocycles. The van der Waals surface area contributed by atoms with Crippen LogP contribution in [0.4, 0.5) is 0 Å². The summed E-state index contributed by atoms with van der Waals surface area (Å²) >= 11 is 0. The van der Waals surface area contributed by atoms with E-state index in [2.05, 4.69) is 92.0 Å². The number of hydrogen-bond acceptors (Lipinski definition) is 3. The van der Waals surface area contributed by atoms with Crippen LogP contribution in [0.25, 0.3) is 5.01 Å². The van der Waals surface area contributed by atoms with Crippen LogP contribution in [-0.4, -0.2) is 28.3 Å². The minimum absolute atomic E-state index is 0.0234. The molecule has 0 fully saturated rings. The van der Waals surface area contributed by atoms with E-state index in [1.54, 1.807) is 0 Å². The second kappa shape index (κ2) is 9.75. The molecule has 0 saturated carbocycles. The van der Waals surface area contributed by atoms with E-state index in [-0.39, 0.29) is 10.1 Å². The quantitative estimate of drug-likeness (QED) is 0.207. The molecule has 0 rings (SSSR count). The lowest BCUT2D eigenvalue weighted by Gasteiger charge is -2.46. The molecule has 0 amide bonds. The van der Waals surface area contributed by atoms with Gasteiger partial charge in [-0.15, -0.1) is 13.2 Å². The van der Waals surface area contributed by atoms with Gasteiger partial charge in [0.2, 0.25) is 0 Å². The van der Waals surface area contributed by atoms with Crippen molar-refractivity contribution in [2.75, 3.05) is 0 Å². The molecule has 4 nitrogen and oxygen atoms in total. The van der Waals surface area contributed by atoms with Gasteiger partial charge in [0.15, 0.2) is 22.7 Å². The maximum atomic E-state index is 11.1. The molecular formula is C22H43NO3Si2. The third kappa shape index (κ3) is 7.51. The van der Waals surface area contributed by atoms with Crippen molar-refractivity contribution in [3.63, 3.8) is 0 Å². The Morgan fingerprint density at radius 1 is 0.929 bits per heavy atom. The van der Waals surface area contributed by atoms with Gasteiger partial charge in [-0.1, -0.05) is 53.7 Å². The Balaban J connectivity index is 6.02. The van der Waals surface area contributed by atoms with Crippen molar-refractivity contribution in [2.45, 2.75) is 109 Å². The van der Waals surface area contributed by atoms with Crippen LogP contribution in [0.15, 0.2) is 25.3 Å². The molecule has 0 heterocycles. The van der Waals surface area contributed by atoms with Crippen molar-refractivity contribution in [2.24, 2.45) is 0 Å². The summed E-state index contributed by atoms with van der Waals surface area (Å²) in [4.78, 5) is 0. The summed E-state index contributed by atoms with van der Waals surface area (Å²) in [5.74, 6) is 0. The Labute approximate surface area is 176 Å². The first-order chi connectivity index (χ1) is 12.5. The summed E-state index contributed by atoms with van der Waals surface area (Å²) in [6, 6.07) is 2.66. The molecule has 1 atom stereocenters. The van der Waals surface area contributed by atoms with E-state index in [1.807, 2.05) is 12.2 Å². The predicted molar refractivity (Wildman–Crippen MR) is 128 cm³/mol. The van der Waals surface area contributed by atoms with Gasteiger partial charge in [0, 0.05) is 11.4 Å². The van der Waals surface area contributed by atoms with Crippen molar-refractivity contribution < 1.29 is 8.85 Å². The molecular weight excluding hydrogens is 382 g/mol. The summed E-state index contributed by atoms with van der Waals surface area (Å²) < 4.78 is 13.4. The monoisotopic (exact) mass is 425 g/mol. The largest absolute Gasteiger partial charge is 0.498 e. The zero-order chi connectivity index (χ0) is 22.4. The molecule has 0 unspecified atom stereocenters. The van der Waals surface area contributed by atoms with Crippen molar-refractivity contribution in [1.82, 2.24) is 0 Å². The van der Waals surface area contributed by atoms with Gasteiger partial charge in [-0.3, -0.25) is 0 Å². The summed E-state index contributed by atoms with van der Waals surface area (Å²) in [5.41, 5.74) is -0.531. The van der Waals surface area contributed by atoms with Crippen LogP contribution in [-0.2, 0) is 8.85 Å². The number of hydrogen-bond donors (Lipinski definition) is 0. The Hall–Kier alpha value is -0.876. The molecule has 28 heavy (non-hydrogen) atoms. The van der Waals surface area contributed by atoms with Crippen LogP contribution in [0.1, 0.15) is 60.8 Å². The normalized spacial score (nSPS) is 14.8. The molecule has 0 aliphatic carbocycles. The van der Waals surface area contributed by atoms with Gasteiger partial charge < -0.3 is 14.1 Å². The molecule has 0 N–H and O–H groups in total. The first kappa shape index (κ1) is 27.1. The molecule has 0 spiro atoms. The SMILES string of the molecule is C=CCC(CC=C)(C[C@@H](C#[N+][O-])O[Si](C)(C)C(C)(C)C)O[Si](C)(C)C(C)(C)C. The summed E-state index contributed by atoms with van der Waals surface area (Å²) in [6.45, 7) is 29.9. The van der Waals surface area contributed by atoms with E-state index >= 15 is 0 Å². The highest BCUT2D eigenvalue weighted by atomic mass is 28.4. The third-order valence-electron chi connectivity index (χ3n) is 6.31. The highest BCUT2D eigenvalue weighted by Gasteiger charge is 2.47. The van der Waals surface area contributed by atoms with Crippen molar-refractivity contribution in [1.29, 1.82) is 0 Å². The van der Waals surface area contributed by atoms with Gasteiger partial charge in [-0.25, -0.2) is 0 Å². The maximum absolute atomic E-state index is 11.1. The second-order valence-corrected chi connectivity index (χ2v) is 20.3. The number of nitrogens with zero attached hydrogens (tertiary/aromatic N) is 1. The first-order valence-corrected chi connectivity index (χ1v) is 16.0. The first-order valence-electron chi connectivity index (χ1n) is 10.1. The van der Waals surface area contributed by atoms with Crippen LogP contribution >= 0.6 is 0 Å².